The van der Waals surface area contributed by atoms with Gasteiger partial charge in [-0.2, -0.15) is 0 Å². The van der Waals surface area contributed by atoms with Gasteiger partial charge in [0.05, 0.1) is 6.33 Å². The summed E-state index contributed by atoms with van der Waals surface area (Å²) in [4.78, 5) is 27.5. The molecule has 0 saturated heterocycles. The molecule has 0 unspecified atom stereocenters. The molecule has 2 rings (SSSR count). The Hall–Kier alpha value is -2.63. The Morgan fingerprint density at radius 1 is 1.38 bits per heavy atom. The number of benzene rings is 1. The highest BCUT2D eigenvalue weighted by atomic mass is 16.1. The first-order chi connectivity index (χ1) is 10.0. The van der Waals surface area contributed by atoms with E-state index in [4.69, 9.17) is 5.73 Å². The maximum Gasteiger partial charge on any atom is 0.253 e. The number of hydrogen-bond acceptors (Lipinski definition) is 4. The van der Waals surface area contributed by atoms with Gasteiger partial charge in [0.1, 0.15) is 0 Å². The van der Waals surface area contributed by atoms with Crippen LogP contribution in [-0.2, 0) is 11.3 Å². The normalized spacial score (nSPS) is 10.3. The van der Waals surface area contributed by atoms with Crippen molar-refractivity contribution in [2.75, 3.05) is 11.1 Å². The maximum absolute atomic E-state index is 11.8. The summed E-state index contributed by atoms with van der Waals surface area (Å²) in [6.45, 7) is 2.24. The zero-order chi connectivity index (χ0) is 15.2. The first kappa shape index (κ1) is 14.8. The van der Waals surface area contributed by atoms with Gasteiger partial charge in [0.2, 0.25) is 5.91 Å². The van der Waals surface area contributed by atoms with Gasteiger partial charge in [-0.25, -0.2) is 4.98 Å². The third-order valence-corrected chi connectivity index (χ3v) is 2.99. The van der Waals surface area contributed by atoms with Crippen molar-refractivity contribution in [2.24, 2.45) is 0 Å². The molecule has 0 fully saturated rings. The highest BCUT2D eigenvalue weighted by Gasteiger charge is 2.04. The highest BCUT2D eigenvalue weighted by molar-refractivity contribution is 5.91. The van der Waals surface area contributed by atoms with Gasteiger partial charge in [0.25, 0.3) is 5.56 Å². The van der Waals surface area contributed by atoms with Crippen molar-refractivity contribution in [3.8, 4) is 0 Å². The molecule has 21 heavy (non-hydrogen) atoms. The van der Waals surface area contributed by atoms with Crippen molar-refractivity contribution in [2.45, 2.75) is 26.3 Å². The Kier molecular flexibility index (Phi) is 4.71. The van der Waals surface area contributed by atoms with E-state index in [1.807, 2.05) is 0 Å². The van der Waals surface area contributed by atoms with Crippen LogP contribution in [0.25, 0.3) is 0 Å². The van der Waals surface area contributed by atoms with Gasteiger partial charge in [0, 0.05) is 36.1 Å². The van der Waals surface area contributed by atoms with Crippen LogP contribution < -0.4 is 16.6 Å². The maximum atomic E-state index is 11.8. The van der Waals surface area contributed by atoms with Crippen LogP contribution in [0.1, 0.15) is 18.5 Å². The second-order valence-corrected chi connectivity index (χ2v) is 4.84. The van der Waals surface area contributed by atoms with E-state index in [1.165, 1.54) is 17.0 Å². The van der Waals surface area contributed by atoms with E-state index in [-0.39, 0.29) is 11.5 Å². The molecule has 1 aromatic heterocycles. The number of hydrogen-bond donors (Lipinski definition) is 2. The number of amides is 1. The van der Waals surface area contributed by atoms with Crippen LogP contribution in [0.3, 0.4) is 0 Å². The van der Waals surface area contributed by atoms with E-state index >= 15 is 0 Å². The molecule has 2 aromatic rings. The van der Waals surface area contributed by atoms with Crippen LogP contribution in [0.15, 0.2) is 41.5 Å². The Labute approximate surface area is 122 Å². The summed E-state index contributed by atoms with van der Waals surface area (Å²) in [6.07, 6.45) is 2.40. The third kappa shape index (κ3) is 4.45. The molecule has 110 valence electrons. The molecule has 1 aromatic carbocycles. The Balaban J connectivity index is 1.83. The molecular weight excluding hydrogens is 268 g/mol. The van der Waals surface area contributed by atoms with E-state index in [9.17, 15) is 9.59 Å². The summed E-state index contributed by atoms with van der Waals surface area (Å²) in [7, 11) is 0. The average molecular weight is 286 g/mol. The summed E-state index contributed by atoms with van der Waals surface area (Å²) in [5, 5.41) is 2.77. The molecule has 0 bridgehead atoms. The van der Waals surface area contributed by atoms with Gasteiger partial charge in [-0.3, -0.25) is 14.2 Å². The fourth-order valence-corrected chi connectivity index (χ4v) is 1.93. The van der Waals surface area contributed by atoms with Crippen LogP contribution in [0, 0.1) is 6.92 Å². The number of anilines is 2. The minimum atomic E-state index is -0.103. The summed E-state index contributed by atoms with van der Waals surface area (Å²) < 4.78 is 1.50. The van der Waals surface area contributed by atoms with Crippen molar-refractivity contribution in [1.29, 1.82) is 0 Å². The van der Waals surface area contributed by atoms with Gasteiger partial charge in [0.15, 0.2) is 0 Å². The lowest BCUT2D eigenvalue weighted by molar-refractivity contribution is -0.116. The molecule has 0 aliphatic carbocycles. The van der Waals surface area contributed by atoms with E-state index in [1.54, 1.807) is 31.2 Å². The van der Waals surface area contributed by atoms with Crippen LogP contribution in [-0.4, -0.2) is 15.5 Å². The SMILES string of the molecule is Cc1cc(=O)n(CCCC(=O)Nc2cccc(N)c2)cn1. The van der Waals surface area contributed by atoms with Gasteiger partial charge >= 0.3 is 0 Å². The van der Waals surface area contributed by atoms with Crippen molar-refractivity contribution in [3.63, 3.8) is 0 Å². The number of nitrogen functional groups attached to an aromatic ring is 1. The molecule has 0 atom stereocenters. The molecule has 0 aliphatic heterocycles. The van der Waals surface area contributed by atoms with Gasteiger partial charge in [-0.15, -0.1) is 0 Å². The number of nitrogens with one attached hydrogen (secondary N) is 1. The summed E-state index contributed by atoms with van der Waals surface area (Å²) >= 11 is 0. The number of carbonyl (C=O) groups excluding carboxylic acids is 1. The van der Waals surface area contributed by atoms with E-state index in [0.29, 0.717) is 36.5 Å². The van der Waals surface area contributed by atoms with Crippen LogP contribution in [0.4, 0.5) is 11.4 Å². The van der Waals surface area contributed by atoms with Crippen LogP contribution >= 0.6 is 0 Å². The van der Waals surface area contributed by atoms with Crippen molar-refractivity contribution in [3.05, 3.63) is 52.7 Å². The summed E-state index contributed by atoms with van der Waals surface area (Å²) in [6, 6.07) is 8.50. The standard InChI is InChI=1S/C15H18N4O2/c1-11-8-15(21)19(10-17-11)7-3-6-14(20)18-13-5-2-4-12(16)9-13/h2,4-5,8-10H,3,6-7,16H2,1H3,(H,18,20). The van der Waals surface area contributed by atoms with Gasteiger partial charge < -0.3 is 11.1 Å². The molecule has 0 saturated carbocycles. The van der Waals surface area contributed by atoms with Crippen LogP contribution in [0.2, 0.25) is 0 Å². The first-order valence-corrected chi connectivity index (χ1v) is 6.73. The number of carbonyl (C=O) groups is 1. The lowest BCUT2D eigenvalue weighted by Crippen LogP contribution is -2.21. The second-order valence-electron chi connectivity index (χ2n) is 4.84. The smallest absolute Gasteiger partial charge is 0.253 e. The van der Waals surface area contributed by atoms with E-state index in [0.717, 1.165) is 0 Å². The summed E-state index contributed by atoms with van der Waals surface area (Å²) in [5.74, 6) is -0.103. The zero-order valence-electron chi connectivity index (χ0n) is 11.9. The fourth-order valence-electron chi connectivity index (χ4n) is 1.93. The van der Waals surface area contributed by atoms with Crippen molar-refractivity contribution >= 4 is 17.3 Å². The molecule has 0 aliphatic rings. The molecule has 1 heterocycles. The van der Waals surface area contributed by atoms with Gasteiger partial charge in [-0.05, 0) is 31.5 Å². The minimum Gasteiger partial charge on any atom is -0.399 e. The molecule has 0 radical (unpaired) electrons. The molecule has 3 N–H and O–H groups in total. The number of nitrogens with two attached hydrogens (primary N) is 1. The Bertz CT molecular complexity index is 694. The quantitative estimate of drug-likeness (QED) is 0.816. The van der Waals surface area contributed by atoms with E-state index in [2.05, 4.69) is 10.3 Å². The Morgan fingerprint density at radius 2 is 2.19 bits per heavy atom. The predicted molar refractivity (Wildman–Crippen MR) is 82.0 cm³/mol. The Morgan fingerprint density at radius 3 is 2.90 bits per heavy atom. The third-order valence-electron chi connectivity index (χ3n) is 2.99. The fraction of sp³-hybridized carbons (Fsp3) is 0.267. The topological polar surface area (TPSA) is 90.0 Å². The first-order valence-electron chi connectivity index (χ1n) is 6.73. The van der Waals surface area contributed by atoms with Crippen molar-refractivity contribution < 1.29 is 4.79 Å². The highest BCUT2D eigenvalue weighted by Crippen LogP contribution is 2.12. The lowest BCUT2D eigenvalue weighted by atomic mass is 10.2. The molecular formula is C15H18N4O2. The second kappa shape index (κ2) is 6.69. The molecule has 1 amide bonds. The average Bonchev–Trinajstić information content (AvgIpc) is 2.41. The molecule has 6 heteroatoms. The number of rotatable bonds is 5. The van der Waals surface area contributed by atoms with E-state index < -0.39 is 0 Å². The monoisotopic (exact) mass is 286 g/mol. The van der Waals surface area contributed by atoms with Crippen molar-refractivity contribution in [1.82, 2.24) is 9.55 Å². The van der Waals surface area contributed by atoms with Crippen LogP contribution in [0.5, 0.6) is 0 Å². The molecule has 0 spiro atoms. The summed E-state index contributed by atoms with van der Waals surface area (Å²) in [5.41, 5.74) is 7.51. The predicted octanol–water partition coefficient (Wildman–Crippen LogP) is 1.55. The number of aromatic nitrogens is 2. The largest absolute Gasteiger partial charge is 0.399 e. The number of aryl methyl sites for hydroxylation is 2. The molecule has 6 nitrogen and oxygen atoms in total. The number of nitrogens with zero attached hydrogens (tertiary/aromatic N) is 2. The lowest BCUT2D eigenvalue weighted by Gasteiger charge is -2.07. The minimum absolute atomic E-state index is 0.0984. The zero-order valence-corrected chi connectivity index (χ0v) is 11.9. The van der Waals surface area contributed by atoms with Gasteiger partial charge in [-0.1, -0.05) is 6.07 Å².